The second kappa shape index (κ2) is 5.24. The van der Waals surface area contributed by atoms with Gasteiger partial charge < -0.3 is 9.84 Å². The molecular formula is C7H13ClO3. The molecule has 0 rings (SSSR count). The van der Waals surface area contributed by atoms with E-state index < -0.39 is 6.16 Å². The third kappa shape index (κ3) is 4.90. The Morgan fingerprint density at radius 1 is 1.73 bits per heavy atom. The lowest BCUT2D eigenvalue weighted by Crippen LogP contribution is -2.19. The molecule has 0 aromatic heterocycles. The highest BCUT2D eigenvalue weighted by Gasteiger charge is 2.14. The maximum atomic E-state index is 9.93. The molecule has 0 saturated carbocycles. The number of carbonyl (C=O) groups is 1. The first-order valence-electron chi connectivity index (χ1n) is 3.57. The van der Waals surface area contributed by atoms with Gasteiger partial charge in [-0.3, -0.25) is 0 Å². The quantitative estimate of drug-likeness (QED) is 0.534. The number of carboxylic acid groups (broad SMARTS) is 1. The zero-order valence-corrected chi connectivity index (χ0v) is 7.47. The number of ether oxygens (including phenoxy) is 1. The van der Waals surface area contributed by atoms with Crippen LogP contribution in [0.4, 0.5) is 4.79 Å². The highest BCUT2D eigenvalue weighted by molar-refractivity contribution is 6.20. The largest absolute Gasteiger partial charge is 0.505 e. The van der Waals surface area contributed by atoms with Crippen molar-refractivity contribution in [3.8, 4) is 0 Å². The van der Waals surface area contributed by atoms with Crippen molar-refractivity contribution < 1.29 is 14.6 Å². The van der Waals surface area contributed by atoms with Gasteiger partial charge >= 0.3 is 6.16 Å². The van der Waals surface area contributed by atoms with E-state index in [1.807, 2.05) is 13.8 Å². The van der Waals surface area contributed by atoms with Crippen molar-refractivity contribution in [3.05, 3.63) is 0 Å². The average Bonchev–Trinajstić information content (AvgIpc) is 1.98. The smallest absolute Gasteiger partial charge is 0.450 e. The molecule has 1 N–H and O–H groups in total. The van der Waals surface area contributed by atoms with Gasteiger partial charge in [0.1, 0.15) is 6.61 Å². The summed E-state index contributed by atoms with van der Waals surface area (Å²) in [5.41, 5.74) is 0. The molecule has 11 heavy (non-hydrogen) atoms. The van der Waals surface area contributed by atoms with Crippen molar-refractivity contribution in [2.24, 2.45) is 5.92 Å². The zero-order valence-electron chi connectivity index (χ0n) is 6.71. The minimum atomic E-state index is -1.26. The second-order valence-corrected chi connectivity index (χ2v) is 3.04. The summed E-state index contributed by atoms with van der Waals surface area (Å²) in [6.07, 6.45) is -0.337. The Morgan fingerprint density at radius 2 is 2.27 bits per heavy atom. The first-order chi connectivity index (χ1) is 5.07. The van der Waals surface area contributed by atoms with Gasteiger partial charge in [0.25, 0.3) is 0 Å². The van der Waals surface area contributed by atoms with Gasteiger partial charge in [-0.05, 0) is 5.92 Å². The maximum Gasteiger partial charge on any atom is 0.505 e. The number of rotatable bonds is 4. The fourth-order valence-electron chi connectivity index (χ4n) is 0.571. The van der Waals surface area contributed by atoms with E-state index in [1.165, 1.54) is 0 Å². The van der Waals surface area contributed by atoms with Gasteiger partial charge in [0.15, 0.2) is 0 Å². The monoisotopic (exact) mass is 180 g/mol. The Kier molecular flexibility index (Phi) is 5.03. The van der Waals surface area contributed by atoms with Crippen LogP contribution < -0.4 is 0 Å². The maximum absolute atomic E-state index is 9.93. The summed E-state index contributed by atoms with van der Waals surface area (Å²) in [6.45, 7) is 4.04. The van der Waals surface area contributed by atoms with Gasteiger partial charge in [-0.15, -0.1) is 11.6 Å². The molecule has 0 aliphatic heterocycles. The predicted molar refractivity (Wildman–Crippen MR) is 43.1 cm³/mol. The Hall–Kier alpha value is -0.440. The van der Waals surface area contributed by atoms with Gasteiger partial charge in [0, 0.05) is 0 Å². The van der Waals surface area contributed by atoms with Crippen LogP contribution in [-0.2, 0) is 4.74 Å². The van der Waals surface area contributed by atoms with E-state index in [-0.39, 0.29) is 17.9 Å². The third-order valence-corrected chi connectivity index (χ3v) is 2.18. The van der Waals surface area contributed by atoms with E-state index in [2.05, 4.69) is 4.74 Å². The Balaban J connectivity index is 3.51. The zero-order chi connectivity index (χ0) is 8.85. The number of hydrogen-bond acceptors (Lipinski definition) is 2. The molecule has 4 heteroatoms. The lowest BCUT2D eigenvalue weighted by molar-refractivity contribution is 0.0879. The van der Waals surface area contributed by atoms with Crippen molar-refractivity contribution in [2.75, 3.05) is 6.61 Å². The van der Waals surface area contributed by atoms with Crippen molar-refractivity contribution >= 4 is 17.8 Å². The first-order valence-corrected chi connectivity index (χ1v) is 4.01. The SMILES string of the molecule is CC[C@H](C)[C@H](Cl)COC(=O)O. The molecule has 0 aromatic carbocycles. The Bertz CT molecular complexity index is 127. The highest BCUT2D eigenvalue weighted by Crippen LogP contribution is 2.13. The summed E-state index contributed by atoms with van der Waals surface area (Å²) in [7, 11) is 0. The van der Waals surface area contributed by atoms with Gasteiger partial charge in [0.05, 0.1) is 5.38 Å². The average molecular weight is 181 g/mol. The van der Waals surface area contributed by atoms with Crippen molar-refractivity contribution in [1.82, 2.24) is 0 Å². The molecule has 3 nitrogen and oxygen atoms in total. The van der Waals surface area contributed by atoms with Crippen molar-refractivity contribution in [2.45, 2.75) is 25.6 Å². The van der Waals surface area contributed by atoms with Gasteiger partial charge in [-0.2, -0.15) is 0 Å². The summed E-state index contributed by atoms with van der Waals surface area (Å²) in [4.78, 5) is 9.93. The van der Waals surface area contributed by atoms with Crippen LogP contribution in [0.3, 0.4) is 0 Å². The third-order valence-electron chi connectivity index (χ3n) is 1.63. The van der Waals surface area contributed by atoms with Crippen LogP contribution in [0.15, 0.2) is 0 Å². The molecule has 0 aromatic rings. The predicted octanol–water partition coefficient (Wildman–Crippen LogP) is 2.33. The minimum Gasteiger partial charge on any atom is -0.450 e. The summed E-state index contributed by atoms with van der Waals surface area (Å²) in [6, 6.07) is 0. The number of alkyl halides is 1. The second-order valence-electron chi connectivity index (χ2n) is 2.48. The molecule has 0 heterocycles. The summed E-state index contributed by atoms with van der Waals surface area (Å²) >= 11 is 5.79. The van der Waals surface area contributed by atoms with Crippen LogP contribution >= 0.6 is 11.6 Å². The van der Waals surface area contributed by atoms with Crippen LogP contribution in [0.25, 0.3) is 0 Å². The molecule has 0 aliphatic carbocycles. The molecule has 0 amide bonds. The standard InChI is InChI=1S/C7H13ClO3/c1-3-5(2)6(8)4-11-7(9)10/h5-6H,3-4H2,1-2H3,(H,9,10)/t5-,6+/m0/s1. The highest BCUT2D eigenvalue weighted by atomic mass is 35.5. The van der Waals surface area contributed by atoms with E-state index in [0.717, 1.165) is 6.42 Å². The molecule has 0 radical (unpaired) electrons. The minimum absolute atomic E-state index is 0.0753. The lowest BCUT2D eigenvalue weighted by atomic mass is 10.1. The first kappa shape index (κ1) is 10.6. The lowest BCUT2D eigenvalue weighted by Gasteiger charge is -2.14. The van der Waals surface area contributed by atoms with Crippen LogP contribution in [0.5, 0.6) is 0 Å². The van der Waals surface area contributed by atoms with E-state index in [1.54, 1.807) is 0 Å². The summed E-state index contributed by atoms with van der Waals surface area (Å²) < 4.78 is 4.31. The molecule has 0 fully saturated rings. The molecule has 0 unspecified atom stereocenters. The number of hydrogen-bond donors (Lipinski definition) is 1. The van der Waals surface area contributed by atoms with E-state index in [4.69, 9.17) is 16.7 Å². The number of halogens is 1. The van der Waals surface area contributed by atoms with E-state index >= 15 is 0 Å². The van der Waals surface area contributed by atoms with Crippen LogP contribution in [0.2, 0.25) is 0 Å². The van der Waals surface area contributed by atoms with E-state index in [9.17, 15) is 4.79 Å². The molecule has 0 spiro atoms. The Labute approximate surface area is 71.3 Å². The van der Waals surface area contributed by atoms with Crippen molar-refractivity contribution in [3.63, 3.8) is 0 Å². The van der Waals surface area contributed by atoms with Crippen LogP contribution in [0, 0.1) is 5.92 Å². The molecule has 2 atom stereocenters. The molecular weight excluding hydrogens is 168 g/mol. The molecule has 0 aliphatic rings. The molecule has 0 saturated heterocycles. The van der Waals surface area contributed by atoms with Gasteiger partial charge in [-0.25, -0.2) is 4.79 Å². The van der Waals surface area contributed by atoms with Crippen LogP contribution in [0.1, 0.15) is 20.3 Å². The Morgan fingerprint density at radius 3 is 2.64 bits per heavy atom. The fraction of sp³-hybridized carbons (Fsp3) is 0.857. The van der Waals surface area contributed by atoms with Crippen LogP contribution in [-0.4, -0.2) is 23.2 Å². The molecule has 0 bridgehead atoms. The van der Waals surface area contributed by atoms with E-state index in [0.29, 0.717) is 0 Å². The topological polar surface area (TPSA) is 46.5 Å². The molecule has 66 valence electrons. The normalized spacial score (nSPS) is 15.5. The summed E-state index contributed by atoms with van der Waals surface area (Å²) in [5, 5.41) is 7.92. The van der Waals surface area contributed by atoms with Gasteiger partial charge in [-0.1, -0.05) is 20.3 Å². The van der Waals surface area contributed by atoms with Crippen molar-refractivity contribution in [1.29, 1.82) is 0 Å². The fourth-order valence-corrected chi connectivity index (χ4v) is 0.812. The summed E-state index contributed by atoms with van der Waals surface area (Å²) in [5.74, 6) is 0.288. The van der Waals surface area contributed by atoms with Gasteiger partial charge in [0.2, 0.25) is 0 Å².